The molecular weight excluding hydrogens is 331 g/mol. The molecule has 0 aliphatic heterocycles. The first-order valence-corrected chi connectivity index (χ1v) is 7.92. The molecule has 1 amide bonds. The van der Waals surface area contributed by atoms with E-state index in [1.54, 1.807) is 6.92 Å². The van der Waals surface area contributed by atoms with Crippen molar-refractivity contribution in [2.24, 2.45) is 0 Å². The Balaban J connectivity index is 2.12. The van der Waals surface area contributed by atoms with E-state index in [1.807, 2.05) is 32.0 Å². The first kappa shape index (κ1) is 18.8. The molecule has 1 atom stereocenters. The molecule has 0 bridgehead atoms. The molecule has 25 heavy (non-hydrogen) atoms. The fraction of sp³-hybridized carbons (Fsp3) is 0.316. The van der Waals surface area contributed by atoms with Gasteiger partial charge in [0.15, 0.2) is 6.10 Å². The number of ether oxygens (including phenoxy) is 1. The molecule has 0 aliphatic rings. The van der Waals surface area contributed by atoms with Gasteiger partial charge in [-0.2, -0.15) is 13.2 Å². The monoisotopic (exact) mass is 351 g/mol. The molecule has 2 rings (SSSR count). The highest BCUT2D eigenvalue weighted by atomic mass is 19.4. The van der Waals surface area contributed by atoms with Crippen LogP contribution in [0.1, 0.15) is 30.0 Å². The van der Waals surface area contributed by atoms with E-state index in [4.69, 9.17) is 4.74 Å². The molecule has 0 spiro atoms. The van der Waals surface area contributed by atoms with E-state index in [9.17, 15) is 18.0 Å². The maximum Gasteiger partial charge on any atom is 0.416 e. The number of amides is 1. The van der Waals surface area contributed by atoms with Crippen molar-refractivity contribution in [3.05, 3.63) is 59.2 Å². The number of benzene rings is 2. The van der Waals surface area contributed by atoms with Gasteiger partial charge in [-0.05, 0) is 61.7 Å². The number of hydrogen-bond donors (Lipinski definition) is 1. The fourth-order valence-electron chi connectivity index (χ4n) is 2.48. The summed E-state index contributed by atoms with van der Waals surface area (Å²) in [4.78, 5) is 12.4. The third-order valence-corrected chi connectivity index (χ3v) is 3.59. The summed E-state index contributed by atoms with van der Waals surface area (Å²) >= 11 is 0. The van der Waals surface area contributed by atoms with Crippen molar-refractivity contribution in [3.8, 4) is 5.75 Å². The van der Waals surface area contributed by atoms with Crippen molar-refractivity contribution in [2.45, 2.75) is 39.5 Å². The molecule has 1 N–H and O–H groups in total. The summed E-state index contributed by atoms with van der Waals surface area (Å²) in [7, 11) is 0. The molecule has 134 valence electrons. The van der Waals surface area contributed by atoms with E-state index in [-0.39, 0.29) is 5.69 Å². The number of halogens is 3. The number of anilines is 1. The number of carbonyl (C=O) groups is 1. The maximum atomic E-state index is 12.8. The Morgan fingerprint density at radius 2 is 1.76 bits per heavy atom. The SMILES string of the molecule is CC[C@H](Oc1cc(C)cc(C)c1)C(=O)Nc1cccc(C(F)(F)F)c1. The standard InChI is InChI=1S/C19H20F3NO2/c1-4-17(25-16-9-12(2)8-13(3)10-16)18(24)23-15-7-5-6-14(11-15)19(20,21)22/h5-11,17H,4H2,1-3H3,(H,23,24)/t17-/m0/s1. The predicted molar refractivity (Wildman–Crippen MR) is 90.7 cm³/mol. The Morgan fingerprint density at radius 1 is 1.12 bits per heavy atom. The summed E-state index contributed by atoms with van der Waals surface area (Å²) in [6.45, 7) is 5.62. The molecule has 2 aromatic carbocycles. The van der Waals surface area contributed by atoms with Crippen molar-refractivity contribution >= 4 is 11.6 Å². The second kappa shape index (κ2) is 7.59. The Hall–Kier alpha value is -2.50. The van der Waals surface area contributed by atoms with Gasteiger partial charge in [-0.1, -0.05) is 19.1 Å². The van der Waals surface area contributed by atoms with Crippen LogP contribution >= 0.6 is 0 Å². The largest absolute Gasteiger partial charge is 0.481 e. The fourth-order valence-corrected chi connectivity index (χ4v) is 2.48. The number of aryl methyl sites for hydroxylation is 2. The van der Waals surface area contributed by atoms with E-state index in [0.29, 0.717) is 12.2 Å². The van der Waals surface area contributed by atoms with Crippen LogP contribution in [0.25, 0.3) is 0 Å². The number of nitrogens with one attached hydrogen (secondary N) is 1. The van der Waals surface area contributed by atoms with Gasteiger partial charge in [0.05, 0.1) is 5.56 Å². The predicted octanol–water partition coefficient (Wildman–Crippen LogP) is 5.12. The third kappa shape index (κ3) is 5.24. The van der Waals surface area contributed by atoms with E-state index in [2.05, 4.69) is 5.32 Å². The Labute approximate surface area is 144 Å². The molecule has 0 radical (unpaired) electrons. The van der Waals surface area contributed by atoms with Gasteiger partial charge in [-0.15, -0.1) is 0 Å². The summed E-state index contributed by atoms with van der Waals surface area (Å²) in [6, 6.07) is 10.1. The summed E-state index contributed by atoms with van der Waals surface area (Å²) in [5, 5.41) is 2.49. The highest BCUT2D eigenvalue weighted by molar-refractivity contribution is 5.94. The molecule has 6 heteroatoms. The molecular formula is C19H20F3NO2. The highest BCUT2D eigenvalue weighted by Crippen LogP contribution is 2.30. The van der Waals surface area contributed by atoms with Gasteiger partial charge in [0.2, 0.25) is 0 Å². The zero-order valence-corrected chi connectivity index (χ0v) is 14.3. The van der Waals surface area contributed by atoms with Gasteiger partial charge >= 0.3 is 6.18 Å². The average molecular weight is 351 g/mol. The van der Waals surface area contributed by atoms with Gasteiger partial charge < -0.3 is 10.1 Å². The first-order chi connectivity index (χ1) is 11.7. The summed E-state index contributed by atoms with van der Waals surface area (Å²) in [5.74, 6) is 0.0736. The molecule has 2 aromatic rings. The van der Waals surface area contributed by atoms with Crippen LogP contribution < -0.4 is 10.1 Å². The average Bonchev–Trinajstić information content (AvgIpc) is 2.51. The van der Waals surface area contributed by atoms with Crippen molar-refractivity contribution in [1.82, 2.24) is 0 Å². The van der Waals surface area contributed by atoms with Crippen LogP contribution in [0.3, 0.4) is 0 Å². The summed E-state index contributed by atoms with van der Waals surface area (Å²) in [5.41, 5.74) is 1.28. The number of alkyl halides is 3. The van der Waals surface area contributed by atoms with Gasteiger partial charge in [0.25, 0.3) is 5.91 Å². The number of carbonyl (C=O) groups excluding carboxylic acids is 1. The number of rotatable bonds is 5. The Kier molecular flexibility index (Phi) is 5.72. The van der Waals surface area contributed by atoms with Gasteiger partial charge in [-0.3, -0.25) is 4.79 Å². The van der Waals surface area contributed by atoms with Crippen molar-refractivity contribution in [3.63, 3.8) is 0 Å². The minimum Gasteiger partial charge on any atom is -0.481 e. The minimum atomic E-state index is -4.46. The van der Waals surface area contributed by atoms with Crippen LogP contribution in [-0.2, 0) is 11.0 Å². The summed E-state index contributed by atoms with van der Waals surface area (Å²) in [6.07, 6.45) is -4.87. The van der Waals surface area contributed by atoms with Gasteiger partial charge in [0.1, 0.15) is 5.75 Å². The van der Waals surface area contributed by atoms with Gasteiger partial charge in [-0.25, -0.2) is 0 Å². The molecule has 0 saturated heterocycles. The van der Waals surface area contributed by atoms with E-state index >= 15 is 0 Å². The van der Waals surface area contributed by atoms with Crippen molar-refractivity contribution in [1.29, 1.82) is 0 Å². The molecule has 3 nitrogen and oxygen atoms in total. The lowest BCUT2D eigenvalue weighted by Crippen LogP contribution is -2.32. The van der Waals surface area contributed by atoms with E-state index in [0.717, 1.165) is 23.3 Å². The Bertz CT molecular complexity index is 736. The lowest BCUT2D eigenvalue weighted by molar-refractivity contribution is -0.137. The molecule has 0 fully saturated rings. The molecule has 0 unspecified atom stereocenters. The molecule has 0 saturated carbocycles. The van der Waals surface area contributed by atoms with Crippen LogP contribution in [0.5, 0.6) is 5.75 Å². The molecule has 0 aromatic heterocycles. The van der Waals surface area contributed by atoms with E-state index in [1.165, 1.54) is 12.1 Å². The van der Waals surface area contributed by atoms with Crippen LogP contribution in [-0.4, -0.2) is 12.0 Å². The molecule has 0 aliphatic carbocycles. The normalized spacial score (nSPS) is 12.6. The number of hydrogen-bond acceptors (Lipinski definition) is 2. The lowest BCUT2D eigenvalue weighted by Gasteiger charge is -2.18. The minimum absolute atomic E-state index is 0.0855. The molecule has 0 heterocycles. The first-order valence-electron chi connectivity index (χ1n) is 7.92. The zero-order chi connectivity index (χ0) is 18.6. The smallest absolute Gasteiger partial charge is 0.416 e. The summed E-state index contributed by atoms with van der Waals surface area (Å²) < 4.78 is 44.0. The second-order valence-corrected chi connectivity index (χ2v) is 5.91. The Morgan fingerprint density at radius 3 is 2.32 bits per heavy atom. The van der Waals surface area contributed by atoms with Crippen LogP contribution in [0.15, 0.2) is 42.5 Å². The second-order valence-electron chi connectivity index (χ2n) is 5.91. The lowest BCUT2D eigenvalue weighted by atomic mass is 10.1. The van der Waals surface area contributed by atoms with E-state index < -0.39 is 23.8 Å². The van der Waals surface area contributed by atoms with Crippen LogP contribution in [0, 0.1) is 13.8 Å². The van der Waals surface area contributed by atoms with Gasteiger partial charge in [0, 0.05) is 5.69 Å². The van der Waals surface area contributed by atoms with Crippen LogP contribution in [0.2, 0.25) is 0 Å². The van der Waals surface area contributed by atoms with Crippen molar-refractivity contribution in [2.75, 3.05) is 5.32 Å². The maximum absolute atomic E-state index is 12.8. The zero-order valence-electron chi connectivity index (χ0n) is 14.3. The highest BCUT2D eigenvalue weighted by Gasteiger charge is 2.30. The topological polar surface area (TPSA) is 38.3 Å². The van der Waals surface area contributed by atoms with Crippen molar-refractivity contribution < 1.29 is 22.7 Å². The van der Waals surface area contributed by atoms with Crippen LogP contribution in [0.4, 0.5) is 18.9 Å². The third-order valence-electron chi connectivity index (χ3n) is 3.59. The quantitative estimate of drug-likeness (QED) is 0.812.